The molecule has 2 aliphatic carbocycles. The van der Waals surface area contributed by atoms with Gasteiger partial charge in [0, 0.05) is 38.5 Å². The molecule has 2 heteroatoms. The average molecular weight is 883 g/mol. The van der Waals surface area contributed by atoms with Crippen molar-refractivity contribution in [2.75, 3.05) is 4.90 Å². The maximum Gasteiger partial charge on any atom is 0.0755 e. The second kappa shape index (κ2) is 14.4. The largest absolute Gasteiger partial charge is 0.310 e. The lowest BCUT2D eigenvalue weighted by Gasteiger charge is -2.40. The fraction of sp³-hybridized carbons (Fsp3) is 0.104. The summed E-state index contributed by atoms with van der Waals surface area (Å²) >= 11 is 0. The van der Waals surface area contributed by atoms with Crippen molar-refractivity contribution in [1.82, 2.24) is 4.57 Å². The van der Waals surface area contributed by atoms with E-state index in [-0.39, 0.29) is 10.8 Å². The van der Waals surface area contributed by atoms with E-state index < -0.39 is 5.41 Å². The van der Waals surface area contributed by atoms with E-state index >= 15 is 0 Å². The molecular weight excluding hydrogens is 833 g/mol. The monoisotopic (exact) mass is 882 g/mol. The number of para-hydroxylation sites is 4. The van der Waals surface area contributed by atoms with Crippen LogP contribution in [0.4, 0.5) is 17.1 Å². The van der Waals surface area contributed by atoms with Gasteiger partial charge in [-0.1, -0.05) is 216 Å². The number of benzene rings is 10. The second-order valence-corrected chi connectivity index (χ2v) is 20.4. The van der Waals surface area contributed by atoms with Gasteiger partial charge < -0.3 is 9.47 Å². The summed E-state index contributed by atoms with van der Waals surface area (Å²) in [4.78, 5) is 2.54. The highest BCUT2D eigenvalue weighted by atomic mass is 15.1. The number of nitrogens with zero attached hydrogens (tertiary/aromatic N) is 2. The van der Waals surface area contributed by atoms with Crippen LogP contribution in [0.15, 0.2) is 231 Å². The first kappa shape index (κ1) is 39.9. The predicted octanol–water partition coefficient (Wildman–Crippen LogP) is 17.2. The lowest BCUT2D eigenvalue weighted by molar-refractivity contribution is 0.641. The van der Waals surface area contributed by atoms with E-state index in [2.05, 4.69) is 268 Å². The van der Waals surface area contributed by atoms with Crippen molar-refractivity contribution in [2.45, 2.75) is 43.9 Å². The first-order valence-corrected chi connectivity index (χ1v) is 24.4. The van der Waals surface area contributed by atoms with Crippen molar-refractivity contribution < 1.29 is 0 Å². The molecule has 2 heterocycles. The molecule has 0 bridgehead atoms. The Kier molecular flexibility index (Phi) is 8.33. The van der Waals surface area contributed by atoms with Crippen LogP contribution in [-0.2, 0) is 16.2 Å². The Morgan fingerprint density at radius 3 is 1.70 bits per heavy atom. The summed E-state index contributed by atoms with van der Waals surface area (Å²) in [5, 5.41) is 2.57. The van der Waals surface area contributed by atoms with E-state index in [9.17, 15) is 0 Å². The van der Waals surface area contributed by atoms with Gasteiger partial charge in [-0.2, -0.15) is 0 Å². The van der Waals surface area contributed by atoms with Gasteiger partial charge in [0.15, 0.2) is 0 Å². The first-order chi connectivity index (χ1) is 33.8. The molecule has 0 saturated heterocycles. The quantitative estimate of drug-likeness (QED) is 0.162. The molecule has 0 radical (unpaired) electrons. The minimum Gasteiger partial charge on any atom is -0.310 e. The molecule has 1 aromatic heterocycles. The van der Waals surface area contributed by atoms with Crippen LogP contribution in [0.1, 0.15) is 72.2 Å². The summed E-state index contributed by atoms with van der Waals surface area (Å²) in [5.74, 6) is 0. The standard InChI is InChI=1S/C67H50N2/c1-65(2,44-19-6-5-7-20-44)45-35-33-43(34-36-45)48-21-10-15-30-61(48)68(46-37-39-51-49-22-8-12-26-55(49)66(3,4)59(51)41-46)47-38-40-52-50-23-9-13-27-56(50)67(60(52)42-47)57-28-14-17-32-63(57)69-62-31-16-11-24-53(62)54-25-18-29-58(67)64(54)69/h5-42H,1-4H3. The molecule has 0 amide bonds. The van der Waals surface area contributed by atoms with Crippen LogP contribution in [0.25, 0.3) is 60.9 Å². The summed E-state index contributed by atoms with van der Waals surface area (Å²) in [6, 6.07) is 86.9. The molecular formula is C67H50N2. The smallest absolute Gasteiger partial charge is 0.0755 e. The van der Waals surface area contributed by atoms with Crippen molar-refractivity contribution >= 4 is 38.9 Å². The van der Waals surface area contributed by atoms with E-state index in [0.29, 0.717) is 0 Å². The van der Waals surface area contributed by atoms with Crippen LogP contribution in [0.3, 0.4) is 0 Å². The van der Waals surface area contributed by atoms with E-state index in [1.54, 1.807) is 0 Å². The van der Waals surface area contributed by atoms with Crippen LogP contribution in [-0.4, -0.2) is 4.57 Å². The molecule has 1 unspecified atom stereocenters. The molecule has 1 spiro atoms. The summed E-state index contributed by atoms with van der Waals surface area (Å²) in [5.41, 5.74) is 24.4. The van der Waals surface area contributed by atoms with Crippen LogP contribution in [0, 0.1) is 0 Å². The van der Waals surface area contributed by atoms with Crippen LogP contribution >= 0.6 is 0 Å². The summed E-state index contributed by atoms with van der Waals surface area (Å²) in [6.45, 7) is 9.42. The Balaban J connectivity index is 1.02. The number of anilines is 3. The van der Waals surface area contributed by atoms with E-state index in [4.69, 9.17) is 0 Å². The number of aromatic nitrogens is 1. The highest BCUT2D eigenvalue weighted by molar-refractivity contribution is 6.13. The van der Waals surface area contributed by atoms with E-state index in [1.807, 2.05) is 0 Å². The minimum absolute atomic E-state index is 0.144. The average Bonchev–Trinajstić information content (AvgIpc) is 3.98. The predicted molar refractivity (Wildman–Crippen MR) is 288 cm³/mol. The highest BCUT2D eigenvalue weighted by Crippen LogP contribution is 2.62. The fourth-order valence-corrected chi connectivity index (χ4v) is 12.9. The summed E-state index contributed by atoms with van der Waals surface area (Å²) in [6.07, 6.45) is 0. The normalized spacial score (nSPS) is 15.7. The molecule has 0 N–H and O–H groups in total. The van der Waals surface area contributed by atoms with Crippen molar-refractivity contribution in [2.24, 2.45) is 0 Å². The van der Waals surface area contributed by atoms with Crippen molar-refractivity contribution in [1.29, 1.82) is 0 Å². The van der Waals surface area contributed by atoms with E-state index in [1.165, 1.54) is 105 Å². The zero-order chi connectivity index (χ0) is 46.2. The van der Waals surface area contributed by atoms with Crippen LogP contribution in [0.2, 0.25) is 0 Å². The zero-order valence-corrected chi connectivity index (χ0v) is 39.3. The fourth-order valence-electron chi connectivity index (χ4n) is 12.9. The maximum absolute atomic E-state index is 2.54. The Morgan fingerprint density at radius 2 is 0.928 bits per heavy atom. The third kappa shape index (κ3) is 5.37. The van der Waals surface area contributed by atoms with Gasteiger partial charge in [-0.05, 0) is 115 Å². The molecule has 1 aliphatic heterocycles. The van der Waals surface area contributed by atoms with Crippen LogP contribution in [0.5, 0.6) is 0 Å². The number of rotatable bonds is 6. The number of hydrogen-bond acceptors (Lipinski definition) is 1. The first-order valence-electron chi connectivity index (χ1n) is 24.4. The second-order valence-electron chi connectivity index (χ2n) is 20.4. The van der Waals surface area contributed by atoms with E-state index in [0.717, 1.165) is 17.1 Å². The molecule has 14 rings (SSSR count). The molecule has 1 atom stereocenters. The van der Waals surface area contributed by atoms with Gasteiger partial charge in [0.2, 0.25) is 0 Å². The summed E-state index contributed by atoms with van der Waals surface area (Å²) in [7, 11) is 0. The SMILES string of the molecule is CC(C)(c1ccccc1)c1ccc(-c2ccccc2N(c2ccc3c(c2)C(C)(C)c2ccccc2-3)c2ccc3c(c2)C2(c4ccccc4-3)c3ccccc3-n3c4ccccc4c4cccc2c43)cc1. The third-order valence-electron chi connectivity index (χ3n) is 16.3. The third-order valence-corrected chi connectivity index (χ3v) is 16.3. The van der Waals surface area contributed by atoms with Gasteiger partial charge >= 0.3 is 0 Å². The molecule has 0 saturated carbocycles. The van der Waals surface area contributed by atoms with Gasteiger partial charge in [-0.25, -0.2) is 0 Å². The minimum atomic E-state index is -0.573. The van der Waals surface area contributed by atoms with Crippen LogP contribution < -0.4 is 4.90 Å². The highest BCUT2D eigenvalue weighted by Gasteiger charge is 2.51. The van der Waals surface area contributed by atoms with Gasteiger partial charge in [-0.3, -0.25) is 0 Å². The Hall–Kier alpha value is -8.20. The topological polar surface area (TPSA) is 8.17 Å². The lowest BCUT2D eigenvalue weighted by Crippen LogP contribution is -2.33. The van der Waals surface area contributed by atoms with Gasteiger partial charge in [0.1, 0.15) is 0 Å². The molecule has 328 valence electrons. The summed E-state index contributed by atoms with van der Waals surface area (Å²) < 4.78 is 2.53. The number of hydrogen-bond donors (Lipinski definition) is 0. The molecule has 69 heavy (non-hydrogen) atoms. The molecule has 11 aromatic rings. The molecule has 10 aromatic carbocycles. The Bertz CT molecular complexity index is 3900. The van der Waals surface area contributed by atoms with Crippen molar-refractivity contribution in [3.8, 4) is 39.1 Å². The van der Waals surface area contributed by atoms with Gasteiger partial charge in [0.05, 0.1) is 27.8 Å². The lowest BCUT2D eigenvalue weighted by atomic mass is 9.65. The van der Waals surface area contributed by atoms with Crippen molar-refractivity contribution in [3.05, 3.63) is 275 Å². The number of fused-ring (bicyclic) bond motifs is 15. The Labute approximate surface area is 404 Å². The van der Waals surface area contributed by atoms with Gasteiger partial charge in [0.25, 0.3) is 0 Å². The molecule has 0 fully saturated rings. The van der Waals surface area contributed by atoms with Gasteiger partial charge in [-0.15, -0.1) is 0 Å². The maximum atomic E-state index is 2.54. The Morgan fingerprint density at radius 1 is 0.391 bits per heavy atom. The molecule has 3 aliphatic rings. The van der Waals surface area contributed by atoms with Crippen molar-refractivity contribution in [3.63, 3.8) is 0 Å². The zero-order valence-electron chi connectivity index (χ0n) is 39.3. The molecule has 2 nitrogen and oxygen atoms in total.